The Morgan fingerprint density at radius 2 is 2.30 bits per heavy atom. The van der Waals surface area contributed by atoms with Crippen LogP contribution in [0, 0.1) is 0 Å². The third kappa shape index (κ3) is 2.16. The molecule has 1 amide bonds. The van der Waals surface area contributed by atoms with Crippen molar-refractivity contribution in [3.63, 3.8) is 0 Å². The number of aryl methyl sites for hydroxylation is 1. The number of hydrogen-bond acceptors (Lipinski definition) is 4. The summed E-state index contributed by atoms with van der Waals surface area (Å²) >= 11 is 0. The molecule has 2 heterocycles. The molecule has 0 bridgehead atoms. The van der Waals surface area contributed by atoms with Gasteiger partial charge in [-0.15, -0.1) is 0 Å². The van der Waals surface area contributed by atoms with Crippen LogP contribution >= 0.6 is 0 Å². The smallest absolute Gasteiger partial charge is 0.228 e. The molecular weight excluding hydrogens is 258 g/mol. The predicted octanol–water partition coefficient (Wildman–Crippen LogP) is 1.37. The number of rotatable bonds is 2. The molecule has 1 aliphatic heterocycles. The molecule has 1 N–H and O–H groups in total. The van der Waals surface area contributed by atoms with E-state index in [0.29, 0.717) is 35.9 Å². The molecule has 0 atom stereocenters. The lowest BCUT2D eigenvalue weighted by Crippen LogP contribution is -2.12. The Bertz CT molecular complexity index is 691. The molecular formula is C14H13N3O3. The van der Waals surface area contributed by atoms with E-state index in [4.69, 9.17) is 4.74 Å². The number of imidazole rings is 1. The second-order valence-electron chi connectivity index (χ2n) is 4.55. The molecule has 0 spiro atoms. The molecule has 0 saturated carbocycles. The predicted molar refractivity (Wildman–Crippen MR) is 71.8 cm³/mol. The number of nitrogens with one attached hydrogen (secondary N) is 1. The fraction of sp³-hybridized carbons (Fsp3) is 0.214. The van der Waals surface area contributed by atoms with Gasteiger partial charge in [0.05, 0.1) is 18.7 Å². The van der Waals surface area contributed by atoms with Gasteiger partial charge >= 0.3 is 0 Å². The Hall–Kier alpha value is -2.63. The van der Waals surface area contributed by atoms with Crippen LogP contribution in [0.15, 0.2) is 30.6 Å². The zero-order valence-corrected chi connectivity index (χ0v) is 10.9. The zero-order valence-electron chi connectivity index (χ0n) is 10.9. The third-order valence-electron chi connectivity index (χ3n) is 3.13. The van der Waals surface area contributed by atoms with Crippen LogP contribution in [0.25, 0.3) is 0 Å². The van der Waals surface area contributed by atoms with Gasteiger partial charge < -0.3 is 14.6 Å². The number of nitrogens with zero attached hydrogens (tertiary/aromatic N) is 2. The molecule has 20 heavy (non-hydrogen) atoms. The molecule has 102 valence electrons. The molecule has 0 unspecified atom stereocenters. The van der Waals surface area contributed by atoms with Crippen LogP contribution in [-0.2, 0) is 11.8 Å². The van der Waals surface area contributed by atoms with Crippen LogP contribution in [0.2, 0.25) is 0 Å². The summed E-state index contributed by atoms with van der Waals surface area (Å²) in [5.41, 5.74) is 0.983. The van der Waals surface area contributed by atoms with E-state index < -0.39 is 0 Å². The fourth-order valence-electron chi connectivity index (χ4n) is 2.07. The Balaban J connectivity index is 1.98. The van der Waals surface area contributed by atoms with E-state index in [9.17, 15) is 9.59 Å². The Labute approximate surface area is 115 Å². The van der Waals surface area contributed by atoms with Gasteiger partial charge in [-0.2, -0.15) is 0 Å². The highest BCUT2D eigenvalue weighted by molar-refractivity contribution is 6.08. The van der Waals surface area contributed by atoms with Crippen LogP contribution < -0.4 is 10.1 Å². The van der Waals surface area contributed by atoms with Gasteiger partial charge in [0.15, 0.2) is 5.82 Å². The second-order valence-corrected chi connectivity index (χ2v) is 4.55. The van der Waals surface area contributed by atoms with Crippen LogP contribution in [-0.4, -0.2) is 27.8 Å². The van der Waals surface area contributed by atoms with Gasteiger partial charge in [0, 0.05) is 25.0 Å². The second kappa shape index (κ2) is 4.80. The lowest BCUT2D eigenvalue weighted by Gasteiger charge is -2.08. The summed E-state index contributed by atoms with van der Waals surface area (Å²) in [7, 11) is 1.76. The summed E-state index contributed by atoms with van der Waals surface area (Å²) in [5.74, 6) is 0.613. The number of fused-ring (bicyclic) bond motifs is 1. The van der Waals surface area contributed by atoms with E-state index >= 15 is 0 Å². The van der Waals surface area contributed by atoms with Gasteiger partial charge in [0.25, 0.3) is 0 Å². The maximum absolute atomic E-state index is 12.3. The van der Waals surface area contributed by atoms with Gasteiger partial charge in [-0.05, 0) is 18.2 Å². The molecule has 3 rings (SSSR count). The number of ketones is 1. The van der Waals surface area contributed by atoms with E-state index in [1.807, 2.05) is 0 Å². The van der Waals surface area contributed by atoms with Crippen molar-refractivity contribution in [1.82, 2.24) is 9.55 Å². The van der Waals surface area contributed by atoms with E-state index in [-0.39, 0.29) is 11.7 Å². The topological polar surface area (TPSA) is 73.2 Å². The molecule has 1 aliphatic rings. The number of amides is 1. The van der Waals surface area contributed by atoms with Crippen molar-refractivity contribution < 1.29 is 14.3 Å². The van der Waals surface area contributed by atoms with Crippen LogP contribution in [0.4, 0.5) is 5.69 Å². The molecule has 2 aromatic rings. The minimum Gasteiger partial charge on any atom is -0.491 e. The first-order chi connectivity index (χ1) is 9.65. The minimum absolute atomic E-state index is 0.120. The molecule has 0 aliphatic carbocycles. The normalized spacial score (nSPS) is 13.9. The monoisotopic (exact) mass is 271 g/mol. The average Bonchev–Trinajstić information content (AvgIpc) is 2.76. The first-order valence-corrected chi connectivity index (χ1v) is 6.24. The molecule has 0 fully saturated rings. The zero-order chi connectivity index (χ0) is 14.1. The number of carbonyl (C=O) groups excluding carboxylic acids is 2. The first kappa shape index (κ1) is 12.4. The van der Waals surface area contributed by atoms with E-state index in [0.717, 1.165) is 0 Å². The summed E-state index contributed by atoms with van der Waals surface area (Å²) < 4.78 is 7.11. The van der Waals surface area contributed by atoms with Crippen LogP contribution in [0.5, 0.6) is 5.75 Å². The average molecular weight is 271 g/mol. The molecule has 0 saturated heterocycles. The number of benzene rings is 1. The number of carbonyl (C=O) groups is 2. The van der Waals surface area contributed by atoms with E-state index in [2.05, 4.69) is 10.3 Å². The van der Waals surface area contributed by atoms with Gasteiger partial charge in [-0.3, -0.25) is 9.59 Å². The number of anilines is 1. The third-order valence-corrected chi connectivity index (χ3v) is 3.13. The van der Waals surface area contributed by atoms with E-state index in [1.54, 1.807) is 42.2 Å². The van der Waals surface area contributed by atoms with Gasteiger partial charge in [-0.25, -0.2) is 4.98 Å². The Kier molecular flexibility index (Phi) is 2.98. The van der Waals surface area contributed by atoms with Crippen molar-refractivity contribution in [3.8, 4) is 5.75 Å². The lowest BCUT2D eigenvalue weighted by molar-refractivity contribution is -0.116. The van der Waals surface area contributed by atoms with Crippen molar-refractivity contribution in [3.05, 3.63) is 42.0 Å². The highest BCUT2D eigenvalue weighted by Crippen LogP contribution is 2.28. The largest absolute Gasteiger partial charge is 0.491 e. The van der Waals surface area contributed by atoms with Crippen molar-refractivity contribution in [2.45, 2.75) is 6.42 Å². The summed E-state index contributed by atoms with van der Waals surface area (Å²) in [4.78, 5) is 27.9. The van der Waals surface area contributed by atoms with Crippen molar-refractivity contribution in [2.75, 3.05) is 11.9 Å². The molecule has 0 radical (unpaired) electrons. The SMILES string of the molecule is Cn1ccnc1C(=O)c1ccc2c(c1)NC(=O)CCO2. The summed E-state index contributed by atoms with van der Waals surface area (Å²) in [5, 5.41) is 2.73. The van der Waals surface area contributed by atoms with Crippen molar-refractivity contribution in [2.24, 2.45) is 7.05 Å². The fourth-order valence-corrected chi connectivity index (χ4v) is 2.07. The van der Waals surface area contributed by atoms with Gasteiger partial charge in [0.2, 0.25) is 11.7 Å². The summed E-state index contributed by atoms with van der Waals surface area (Å²) in [6.45, 7) is 0.339. The maximum atomic E-state index is 12.3. The highest BCUT2D eigenvalue weighted by Gasteiger charge is 2.18. The first-order valence-electron chi connectivity index (χ1n) is 6.24. The number of aromatic nitrogens is 2. The number of ether oxygens (including phenoxy) is 1. The Morgan fingerprint density at radius 1 is 1.45 bits per heavy atom. The van der Waals surface area contributed by atoms with Gasteiger partial charge in [-0.1, -0.05) is 0 Å². The summed E-state index contributed by atoms with van der Waals surface area (Å²) in [6.07, 6.45) is 3.58. The molecule has 1 aromatic carbocycles. The van der Waals surface area contributed by atoms with Crippen LogP contribution in [0.1, 0.15) is 22.6 Å². The maximum Gasteiger partial charge on any atom is 0.228 e. The van der Waals surface area contributed by atoms with Crippen LogP contribution in [0.3, 0.4) is 0 Å². The lowest BCUT2D eigenvalue weighted by atomic mass is 10.1. The summed E-state index contributed by atoms with van der Waals surface area (Å²) in [6, 6.07) is 4.99. The quantitative estimate of drug-likeness (QED) is 0.837. The standard InChI is InChI=1S/C14H13N3O3/c1-17-6-5-15-14(17)13(19)9-2-3-11-10(8-9)16-12(18)4-7-20-11/h2-3,5-6,8H,4,7H2,1H3,(H,16,18). The Morgan fingerprint density at radius 3 is 3.05 bits per heavy atom. The van der Waals surface area contributed by atoms with E-state index in [1.165, 1.54) is 0 Å². The highest BCUT2D eigenvalue weighted by atomic mass is 16.5. The minimum atomic E-state index is -0.196. The molecule has 1 aromatic heterocycles. The van der Waals surface area contributed by atoms with Crippen molar-refractivity contribution in [1.29, 1.82) is 0 Å². The van der Waals surface area contributed by atoms with Crippen molar-refractivity contribution >= 4 is 17.4 Å². The van der Waals surface area contributed by atoms with Gasteiger partial charge in [0.1, 0.15) is 5.75 Å². The molecule has 6 nitrogen and oxygen atoms in total. The number of hydrogen-bond donors (Lipinski definition) is 1. The molecule has 6 heteroatoms.